The Morgan fingerprint density at radius 2 is 1.77 bits per heavy atom. The van der Waals surface area contributed by atoms with Gasteiger partial charge >= 0.3 is 6.03 Å². The molecule has 1 aliphatic rings. The smallest absolute Gasteiger partial charge is 0.319 e. The van der Waals surface area contributed by atoms with E-state index in [0.717, 1.165) is 18.4 Å². The molecule has 0 aromatic heterocycles. The van der Waals surface area contributed by atoms with Crippen LogP contribution in [0.15, 0.2) is 30.3 Å². The second-order valence-electron chi connectivity index (χ2n) is 6.08. The van der Waals surface area contributed by atoms with E-state index in [1.54, 1.807) is 19.0 Å². The molecule has 2 rings (SSSR count). The Labute approximate surface area is 132 Å². The summed E-state index contributed by atoms with van der Waals surface area (Å²) in [6, 6.07) is 9.99. The average molecular weight is 303 g/mol. The Hall–Kier alpha value is -2.04. The topological polar surface area (TPSA) is 52.7 Å². The van der Waals surface area contributed by atoms with Gasteiger partial charge in [-0.15, -0.1) is 0 Å². The minimum Gasteiger partial charge on any atom is -0.349 e. The first-order chi connectivity index (χ1) is 10.5. The Morgan fingerprint density at radius 1 is 1.18 bits per heavy atom. The molecule has 0 radical (unpaired) electrons. The summed E-state index contributed by atoms with van der Waals surface area (Å²) < 4.78 is 0. The predicted octanol–water partition coefficient (Wildman–Crippen LogP) is 2.26. The summed E-state index contributed by atoms with van der Waals surface area (Å²) in [5.74, 6) is 0.0886. The molecule has 0 saturated carbocycles. The molecule has 5 heteroatoms. The summed E-state index contributed by atoms with van der Waals surface area (Å²) in [6.45, 7) is 3.29. The molecule has 0 aliphatic carbocycles. The quantitative estimate of drug-likeness (QED) is 0.931. The number of rotatable bonds is 3. The Bertz CT molecular complexity index is 508. The van der Waals surface area contributed by atoms with Crippen molar-refractivity contribution in [1.82, 2.24) is 15.1 Å². The van der Waals surface area contributed by atoms with Crippen LogP contribution in [0.2, 0.25) is 0 Å². The maximum absolute atomic E-state index is 12.4. The van der Waals surface area contributed by atoms with Crippen LogP contribution < -0.4 is 5.32 Å². The highest BCUT2D eigenvalue weighted by Crippen LogP contribution is 2.20. The van der Waals surface area contributed by atoms with Gasteiger partial charge in [-0.2, -0.15) is 0 Å². The lowest BCUT2D eigenvalue weighted by molar-refractivity contribution is -0.126. The molecule has 1 aromatic rings. The number of likely N-dealkylation sites (tertiary alicyclic amines) is 1. The number of benzene rings is 1. The van der Waals surface area contributed by atoms with Crippen LogP contribution in [0.25, 0.3) is 0 Å². The number of urea groups is 1. The fourth-order valence-electron chi connectivity index (χ4n) is 2.77. The summed E-state index contributed by atoms with van der Waals surface area (Å²) in [6.07, 6.45) is 1.46. The van der Waals surface area contributed by atoms with Crippen LogP contribution in [0.3, 0.4) is 0 Å². The highest BCUT2D eigenvalue weighted by molar-refractivity contribution is 5.80. The van der Waals surface area contributed by atoms with E-state index in [1.807, 2.05) is 42.2 Å². The second-order valence-corrected chi connectivity index (χ2v) is 6.08. The number of nitrogens with one attached hydrogen (secondary N) is 1. The van der Waals surface area contributed by atoms with Crippen molar-refractivity contribution in [3.05, 3.63) is 35.9 Å². The van der Waals surface area contributed by atoms with Crippen LogP contribution in [-0.2, 0) is 4.79 Å². The van der Waals surface area contributed by atoms with E-state index in [1.165, 1.54) is 0 Å². The van der Waals surface area contributed by atoms with Gasteiger partial charge in [0.05, 0.1) is 6.04 Å². The largest absolute Gasteiger partial charge is 0.349 e. The summed E-state index contributed by atoms with van der Waals surface area (Å²) >= 11 is 0. The van der Waals surface area contributed by atoms with Crippen LogP contribution in [0.4, 0.5) is 4.79 Å². The number of hydrogen-bond donors (Lipinski definition) is 1. The van der Waals surface area contributed by atoms with Gasteiger partial charge in [0, 0.05) is 33.1 Å². The van der Waals surface area contributed by atoms with Gasteiger partial charge < -0.3 is 15.1 Å². The maximum Gasteiger partial charge on any atom is 0.319 e. The van der Waals surface area contributed by atoms with Crippen molar-refractivity contribution in [2.45, 2.75) is 25.8 Å². The van der Waals surface area contributed by atoms with Gasteiger partial charge in [0.15, 0.2) is 0 Å². The number of amides is 3. The van der Waals surface area contributed by atoms with E-state index < -0.39 is 0 Å². The van der Waals surface area contributed by atoms with Crippen LogP contribution in [-0.4, -0.2) is 48.9 Å². The number of nitrogens with zero attached hydrogens (tertiary/aromatic N) is 2. The lowest BCUT2D eigenvalue weighted by Crippen LogP contribution is -2.46. The third-order valence-electron chi connectivity index (χ3n) is 4.18. The van der Waals surface area contributed by atoms with Crippen LogP contribution in [0, 0.1) is 5.92 Å². The van der Waals surface area contributed by atoms with E-state index >= 15 is 0 Å². The number of hydrogen-bond acceptors (Lipinski definition) is 2. The molecule has 1 atom stereocenters. The second kappa shape index (κ2) is 7.29. The lowest BCUT2D eigenvalue weighted by Gasteiger charge is -2.33. The van der Waals surface area contributed by atoms with Crippen molar-refractivity contribution >= 4 is 11.9 Å². The van der Waals surface area contributed by atoms with Crippen molar-refractivity contribution in [3.8, 4) is 0 Å². The van der Waals surface area contributed by atoms with Crippen molar-refractivity contribution in [3.63, 3.8) is 0 Å². The van der Waals surface area contributed by atoms with Gasteiger partial charge in [0.2, 0.25) is 5.91 Å². The van der Waals surface area contributed by atoms with Gasteiger partial charge in [0.1, 0.15) is 0 Å². The molecule has 0 spiro atoms. The molecular formula is C17H25N3O2. The van der Waals surface area contributed by atoms with Crippen LogP contribution >= 0.6 is 0 Å². The van der Waals surface area contributed by atoms with Gasteiger partial charge in [-0.3, -0.25) is 4.79 Å². The lowest BCUT2D eigenvalue weighted by atomic mass is 9.95. The number of piperidine rings is 1. The molecule has 1 aliphatic heterocycles. The van der Waals surface area contributed by atoms with Gasteiger partial charge in [-0.25, -0.2) is 4.79 Å². The Kier molecular flexibility index (Phi) is 5.41. The zero-order valence-corrected chi connectivity index (χ0v) is 13.6. The molecule has 120 valence electrons. The summed E-state index contributed by atoms with van der Waals surface area (Å²) in [5, 5.41) is 3.08. The molecule has 0 unspecified atom stereocenters. The summed E-state index contributed by atoms with van der Waals surface area (Å²) in [5.41, 5.74) is 1.11. The van der Waals surface area contributed by atoms with Crippen LogP contribution in [0.5, 0.6) is 0 Å². The van der Waals surface area contributed by atoms with Crippen molar-refractivity contribution < 1.29 is 9.59 Å². The molecule has 1 aromatic carbocycles. The SMILES string of the molecule is C[C@H](NC(=O)C1CCN(C(=O)N(C)C)CC1)c1ccccc1. The monoisotopic (exact) mass is 303 g/mol. The highest BCUT2D eigenvalue weighted by Gasteiger charge is 2.28. The standard InChI is InChI=1S/C17H25N3O2/c1-13(14-7-5-4-6-8-14)18-16(21)15-9-11-20(12-10-15)17(22)19(2)3/h4-8,13,15H,9-12H2,1-3H3,(H,18,21)/t13-/m0/s1. The highest BCUT2D eigenvalue weighted by atomic mass is 16.2. The molecule has 1 fully saturated rings. The molecule has 3 amide bonds. The first-order valence-electron chi connectivity index (χ1n) is 7.80. The van der Waals surface area contributed by atoms with E-state index in [9.17, 15) is 9.59 Å². The van der Waals surface area contributed by atoms with E-state index in [2.05, 4.69) is 5.32 Å². The molecule has 1 heterocycles. The molecule has 22 heavy (non-hydrogen) atoms. The molecule has 5 nitrogen and oxygen atoms in total. The number of carbonyl (C=O) groups is 2. The number of carbonyl (C=O) groups excluding carboxylic acids is 2. The fourth-order valence-corrected chi connectivity index (χ4v) is 2.77. The van der Waals surface area contributed by atoms with Crippen molar-refractivity contribution in [1.29, 1.82) is 0 Å². The third kappa shape index (κ3) is 4.00. The predicted molar refractivity (Wildman–Crippen MR) is 86.4 cm³/mol. The van der Waals surface area contributed by atoms with Gasteiger partial charge in [-0.1, -0.05) is 30.3 Å². The van der Waals surface area contributed by atoms with E-state index in [-0.39, 0.29) is 23.9 Å². The summed E-state index contributed by atoms with van der Waals surface area (Å²) in [4.78, 5) is 27.6. The fraction of sp³-hybridized carbons (Fsp3) is 0.529. The van der Waals surface area contributed by atoms with E-state index in [4.69, 9.17) is 0 Å². The maximum atomic E-state index is 12.4. The van der Waals surface area contributed by atoms with Crippen LogP contribution in [0.1, 0.15) is 31.4 Å². The molecule has 1 saturated heterocycles. The molecule has 0 bridgehead atoms. The normalized spacial score (nSPS) is 17.0. The molecular weight excluding hydrogens is 278 g/mol. The van der Waals surface area contributed by atoms with Gasteiger partial charge in [0.25, 0.3) is 0 Å². The third-order valence-corrected chi connectivity index (χ3v) is 4.18. The van der Waals surface area contributed by atoms with Gasteiger partial charge in [-0.05, 0) is 25.3 Å². The minimum atomic E-state index is -0.00243. The first-order valence-corrected chi connectivity index (χ1v) is 7.80. The van der Waals surface area contributed by atoms with E-state index in [0.29, 0.717) is 13.1 Å². The minimum absolute atomic E-state index is 0.00243. The zero-order chi connectivity index (χ0) is 16.1. The van der Waals surface area contributed by atoms with Crippen molar-refractivity contribution in [2.75, 3.05) is 27.2 Å². The Morgan fingerprint density at radius 3 is 2.32 bits per heavy atom. The average Bonchev–Trinajstić information content (AvgIpc) is 2.55. The molecule has 1 N–H and O–H groups in total. The first kappa shape index (κ1) is 16.3. The Balaban J connectivity index is 1.84. The zero-order valence-electron chi connectivity index (χ0n) is 13.6. The summed E-state index contributed by atoms with van der Waals surface area (Å²) in [7, 11) is 3.51. The van der Waals surface area contributed by atoms with Crippen molar-refractivity contribution in [2.24, 2.45) is 5.92 Å².